The van der Waals surface area contributed by atoms with Crippen molar-refractivity contribution in [2.75, 3.05) is 5.32 Å². The first kappa shape index (κ1) is 13.6. The van der Waals surface area contributed by atoms with E-state index in [1.807, 2.05) is 31.2 Å². The smallest absolute Gasteiger partial charge is 0.106 e. The topological polar surface area (TPSA) is 51.2 Å². The monoisotopic (exact) mass is 274 g/mol. The highest BCUT2D eigenvalue weighted by atomic mass is 32.1. The Hall–Kier alpha value is -1.81. The van der Waals surface area contributed by atoms with Crippen molar-refractivity contribution in [1.82, 2.24) is 0 Å². The van der Waals surface area contributed by atoms with Gasteiger partial charge >= 0.3 is 0 Å². The number of hydrogen-bond donors (Lipinski definition) is 2. The Morgan fingerprint density at radius 2 is 2.21 bits per heavy atom. The van der Waals surface area contributed by atoms with Gasteiger partial charge in [0.25, 0.3) is 0 Å². The van der Waals surface area contributed by atoms with Crippen LogP contribution in [0.2, 0.25) is 0 Å². The molecule has 0 aliphatic carbocycles. The standard InChI is InChI=1S/C15H18N2OS/c1-10-5-6-13(15(16)19)14(8-10)17-11(2)9-12-4-3-7-18-12/h3-8,11,17H,9H2,1-2H3,(H2,16,19). The fourth-order valence-corrected chi connectivity index (χ4v) is 2.22. The average Bonchev–Trinajstić information content (AvgIpc) is 2.81. The van der Waals surface area contributed by atoms with Crippen molar-refractivity contribution in [3.63, 3.8) is 0 Å². The number of anilines is 1. The van der Waals surface area contributed by atoms with Crippen LogP contribution in [0.3, 0.4) is 0 Å². The lowest BCUT2D eigenvalue weighted by Crippen LogP contribution is -2.21. The van der Waals surface area contributed by atoms with Crippen LogP contribution in [0.1, 0.15) is 23.8 Å². The summed E-state index contributed by atoms with van der Waals surface area (Å²) in [4.78, 5) is 0.410. The highest BCUT2D eigenvalue weighted by Gasteiger charge is 2.10. The van der Waals surface area contributed by atoms with E-state index >= 15 is 0 Å². The van der Waals surface area contributed by atoms with Crippen LogP contribution in [-0.2, 0) is 6.42 Å². The van der Waals surface area contributed by atoms with Gasteiger partial charge in [0.1, 0.15) is 10.7 Å². The molecule has 0 amide bonds. The van der Waals surface area contributed by atoms with E-state index in [2.05, 4.69) is 18.3 Å². The SMILES string of the molecule is Cc1ccc(C(N)=S)c(NC(C)Cc2ccco2)c1. The molecule has 1 atom stereocenters. The molecule has 0 aliphatic rings. The van der Waals surface area contributed by atoms with Gasteiger partial charge in [-0.1, -0.05) is 18.3 Å². The minimum Gasteiger partial charge on any atom is -0.469 e. The molecule has 100 valence electrons. The molecule has 3 N–H and O–H groups in total. The van der Waals surface area contributed by atoms with Gasteiger partial charge in [0.15, 0.2) is 0 Å². The molecule has 0 saturated heterocycles. The molecular formula is C15H18N2OS. The molecule has 0 bridgehead atoms. The van der Waals surface area contributed by atoms with Crippen molar-refractivity contribution in [3.8, 4) is 0 Å². The molecule has 0 aliphatic heterocycles. The number of furan rings is 1. The molecule has 1 heterocycles. The van der Waals surface area contributed by atoms with Gasteiger partial charge < -0.3 is 15.5 Å². The summed E-state index contributed by atoms with van der Waals surface area (Å²) in [6.45, 7) is 4.15. The van der Waals surface area contributed by atoms with Crippen LogP contribution in [-0.4, -0.2) is 11.0 Å². The third-order valence-corrected chi connectivity index (χ3v) is 3.15. The number of nitrogens with one attached hydrogen (secondary N) is 1. The second kappa shape index (κ2) is 5.89. The molecule has 0 fully saturated rings. The Labute approximate surface area is 118 Å². The van der Waals surface area contributed by atoms with E-state index in [1.165, 1.54) is 5.56 Å². The van der Waals surface area contributed by atoms with Crippen molar-refractivity contribution in [1.29, 1.82) is 0 Å². The molecular weight excluding hydrogens is 256 g/mol. The number of hydrogen-bond acceptors (Lipinski definition) is 3. The molecule has 2 aromatic rings. The summed E-state index contributed by atoms with van der Waals surface area (Å²) < 4.78 is 5.35. The second-order valence-corrected chi connectivity index (χ2v) is 5.18. The van der Waals surface area contributed by atoms with Crippen LogP contribution in [0.4, 0.5) is 5.69 Å². The van der Waals surface area contributed by atoms with Crippen molar-refractivity contribution in [2.24, 2.45) is 5.73 Å². The van der Waals surface area contributed by atoms with Crippen molar-refractivity contribution in [3.05, 3.63) is 53.5 Å². The minimum atomic E-state index is 0.237. The predicted molar refractivity (Wildman–Crippen MR) is 82.6 cm³/mol. The Morgan fingerprint density at radius 3 is 2.84 bits per heavy atom. The third kappa shape index (κ3) is 3.58. The van der Waals surface area contributed by atoms with E-state index in [1.54, 1.807) is 6.26 Å². The van der Waals surface area contributed by atoms with E-state index < -0.39 is 0 Å². The van der Waals surface area contributed by atoms with Gasteiger partial charge in [-0.3, -0.25) is 0 Å². The zero-order valence-electron chi connectivity index (χ0n) is 11.1. The lowest BCUT2D eigenvalue weighted by Gasteiger charge is -2.17. The Balaban J connectivity index is 2.13. The largest absolute Gasteiger partial charge is 0.469 e. The Bertz CT molecular complexity index is 564. The first-order valence-corrected chi connectivity index (χ1v) is 6.66. The van der Waals surface area contributed by atoms with Crippen molar-refractivity contribution >= 4 is 22.9 Å². The summed E-state index contributed by atoms with van der Waals surface area (Å²) in [5.74, 6) is 0.963. The van der Waals surface area contributed by atoms with Gasteiger partial charge in [-0.15, -0.1) is 0 Å². The number of nitrogens with two attached hydrogens (primary N) is 1. The third-order valence-electron chi connectivity index (χ3n) is 2.93. The lowest BCUT2D eigenvalue weighted by atomic mass is 10.1. The van der Waals surface area contributed by atoms with Crippen LogP contribution in [0.15, 0.2) is 41.0 Å². The maximum absolute atomic E-state index is 5.75. The summed E-state index contributed by atoms with van der Waals surface area (Å²) in [6.07, 6.45) is 2.51. The van der Waals surface area contributed by atoms with Gasteiger partial charge in [-0.05, 0) is 43.7 Å². The summed E-state index contributed by atoms with van der Waals surface area (Å²) in [5.41, 5.74) is 8.78. The van der Waals surface area contributed by atoms with Crippen molar-refractivity contribution in [2.45, 2.75) is 26.3 Å². The van der Waals surface area contributed by atoms with E-state index in [0.717, 1.165) is 23.4 Å². The second-order valence-electron chi connectivity index (χ2n) is 4.74. The fraction of sp³-hybridized carbons (Fsp3) is 0.267. The average molecular weight is 274 g/mol. The predicted octanol–water partition coefficient (Wildman–Crippen LogP) is 3.27. The van der Waals surface area contributed by atoms with E-state index in [4.69, 9.17) is 22.4 Å². The summed E-state index contributed by atoms with van der Waals surface area (Å²) in [6, 6.07) is 10.1. The maximum atomic E-state index is 5.75. The molecule has 3 nitrogen and oxygen atoms in total. The first-order chi connectivity index (χ1) is 9.06. The zero-order chi connectivity index (χ0) is 13.8. The van der Waals surface area contributed by atoms with Crippen molar-refractivity contribution < 1.29 is 4.42 Å². The molecule has 19 heavy (non-hydrogen) atoms. The van der Waals surface area contributed by atoms with Gasteiger partial charge in [0.2, 0.25) is 0 Å². The molecule has 0 saturated carbocycles. The van der Waals surface area contributed by atoms with Gasteiger partial charge in [-0.25, -0.2) is 0 Å². The molecule has 4 heteroatoms. The van der Waals surface area contributed by atoms with Gasteiger partial charge in [0, 0.05) is 23.7 Å². The van der Waals surface area contributed by atoms with Crippen LogP contribution in [0.25, 0.3) is 0 Å². The zero-order valence-corrected chi connectivity index (χ0v) is 12.0. The van der Waals surface area contributed by atoms with E-state index in [9.17, 15) is 0 Å². The molecule has 2 rings (SSSR count). The maximum Gasteiger partial charge on any atom is 0.106 e. The number of aryl methyl sites for hydroxylation is 1. The number of benzene rings is 1. The molecule has 1 aromatic carbocycles. The normalized spacial score (nSPS) is 12.1. The molecule has 1 unspecified atom stereocenters. The molecule has 1 aromatic heterocycles. The number of thiocarbonyl (C=S) groups is 1. The van der Waals surface area contributed by atoms with Crippen LogP contribution < -0.4 is 11.1 Å². The molecule has 0 spiro atoms. The molecule has 0 radical (unpaired) electrons. The quantitative estimate of drug-likeness (QED) is 0.822. The Morgan fingerprint density at radius 1 is 1.42 bits per heavy atom. The van der Waals surface area contributed by atoms with E-state index in [0.29, 0.717) is 4.99 Å². The summed E-state index contributed by atoms with van der Waals surface area (Å²) in [5, 5.41) is 3.44. The number of rotatable bonds is 5. The van der Waals surface area contributed by atoms with Gasteiger partial charge in [-0.2, -0.15) is 0 Å². The van der Waals surface area contributed by atoms with Gasteiger partial charge in [0.05, 0.1) is 6.26 Å². The highest BCUT2D eigenvalue weighted by Crippen LogP contribution is 2.19. The fourth-order valence-electron chi connectivity index (χ4n) is 2.04. The lowest BCUT2D eigenvalue weighted by molar-refractivity contribution is 0.498. The summed E-state index contributed by atoms with van der Waals surface area (Å²) in [7, 11) is 0. The Kier molecular flexibility index (Phi) is 4.22. The highest BCUT2D eigenvalue weighted by molar-refractivity contribution is 7.80. The van der Waals surface area contributed by atoms with Crippen LogP contribution in [0.5, 0.6) is 0 Å². The minimum absolute atomic E-state index is 0.237. The van der Waals surface area contributed by atoms with Crippen LogP contribution in [0, 0.1) is 6.92 Å². The van der Waals surface area contributed by atoms with E-state index in [-0.39, 0.29) is 6.04 Å². The first-order valence-electron chi connectivity index (χ1n) is 6.25. The van der Waals surface area contributed by atoms with Crippen LogP contribution >= 0.6 is 12.2 Å². The summed E-state index contributed by atoms with van der Waals surface area (Å²) >= 11 is 5.08.